The van der Waals surface area contributed by atoms with E-state index in [1.807, 2.05) is 0 Å². The summed E-state index contributed by atoms with van der Waals surface area (Å²) in [5.74, 6) is 0. The predicted octanol–water partition coefficient (Wildman–Crippen LogP) is 2.71. The van der Waals surface area contributed by atoms with E-state index in [-0.39, 0.29) is 6.54 Å². The molecule has 0 amide bonds. The van der Waals surface area contributed by atoms with Crippen molar-refractivity contribution in [2.45, 2.75) is 12.7 Å². The summed E-state index contributed by atoms with van der Waals surface area (Å²) in [6, 6.07) is 7.45. The fourth-order valence-electron chi connectivity index (χ4n) is 1.45. The maximum absolute atomic E-state index is 12.4. The summed E-state index contributed by atoms with van der Waals surface area (Å²) in [5.41, 5.74) is 5.61. The number of aromatic nitrogens is 1. The van der Waals surface area contributed by atoms with Crippen LogP contribution in [0.3, 0.4) is 0 Å². The van der Waals surface area contributed by atoms with Gasteiger partial charge in [-0.05, 0) is 17.7 Å². The Balaban J connectivity index is 2.59. The van der Waals surface area contributed by atoms with E-state index in [9.17, 15) is 13.2 Å². The smallest absolute Gasteiger partial charge is 0.326 e. The summed E-state index contributed by atoms with van der Waals surface area (Å²) in [7, 11) is 0. The highest BCUT2D eigenvalue weighted by Gasteiger charge is 2.32. The van der Waals surface area contributed by atoms with Gasteiger partial charge in [0.25, 0.3) is 0 Å². The second-order valence-electron chi connectivity index (χ2n) is 3.43. The van der Waals surface area contributed by atoms with E-state index in [0.717, 1.165) is 11.6 Å². The van der Waals surface area contributed by atoms with Crippen LogP contribution in [0.25, 0.3) is 10.9 Å². The van der Waals surface area contributed by atoms with Gasteiger partial charge in [-0.3, -0.25) is 0 Å². The van der Waals surface area contributed by atoms with Crippen LogP contribution in [0.2, 0.25) is 0 Å². The third kappa shape index (κ3) is 1.99. The molecule has 5 heteroatoms. The van der Waals surface area contributed by atoms with Crippen molar-refractivity contribution in [1.29, 1.82) is 0 Å². The highest BCUT2D eigenvalue weighted by Crippen LogP contribution is 2.29. The largest absolute Gasteiger partial charge is 0.433 e. The number of hydrogen-bond donors (Lipinski definition) is 1. The van der Waals surface area contributed by atoms with Gasteiger partial charge in [-0.25, -0.2) is 4.98 Å². The van der Waals surface area contributed by atoms with Gasteiger partial charge in [0.05, 0.1) is 5.52 Å². The molecular weight excluding hydrogens is 217 g/mol. The second-order valence-corrected chi connectivity index (χ2v) is 3.43. The average molecular weight is 226 g/mol. The Morgan fingerprint density at radius 1 is 1.12 bits per heavy atom. The van der Waals surface area contributed by atoms with Crippen LogP contribution in [0.5, 0.6) is 0 Å². The Kier molecular flexibility index (Phi) is 2.55. The van der Waals surface area contributed by atoms with Crippen LogP contribution in [-0.4, -0.2) is 4.98 Å². The SMILES string of the molecule is NCc1ccc2ccc(C(F)(F)F)nc2c1. The highest BCUT2D eigenvalue weighted by molar-refractivity contribution is 5.79. The molecule has 0 saturated carbocycles. The van der Waals surface area contributed by atoms with Gasteiger partial charge in [0.2, 0.25) is 0 Å². The van der Waals surface area contributed by atoms with Crippen molar-refractivity contribution >= 4 is 10.9 Å². The number of hydrogen-bond acceptors (Lipinski definition) is 2. The zero-order chi connectivity index (χ0) is 11.8. The van der Waals surface area contributed by atoms with Crippen molar-refractivity contribution in [2.75, 3.05) is 0 Å². The van der Waals surface area contributed by atoms with E-state index in [0.29, 0.717) is 10.9 Å². The first-order valence-corrected chi connectivity index (χ1v) is 4.67. The number of benzene rings is 1. The van der Waals surface area contributed by atoms with Crippen LogP contribution in [0, 0.1) is 0 Å². The molecule has 0 aliphatic rings. The molecule has 2 aromatic rings. The fraction of sp³-hybridized carbons (Fsp3) is 0.182. The first-order valence-electron chi connectivity index (χ1n) is 4.67. The van der Waals surface area contributed by atoms with Gasteiger partial charge < -0.3 is 5.73 Å². The summed E-state index contributed by atoms with van der Waals surface area (Å²) in [6.07, 6.45) is -4.41. The lowest BCUT2D eigenvalue weighted by molar-refractivity contribution is -0.140. The summed E-state index contributed by atoms with van der Waals surface area (Å²) in [6.45, 7) is 0.286. The molecule has 1 aromatic heterocycles. The van der Waals surface area contributed by atoms with Crippen molar-refractivity contribution in [1.82, 2.24) is 4.98 Å². The molecule has 0 spiro atoms. The Labute approximate surface area is 89.9 Å². The Hall–Kier alpha value is -1.62. The molecule has 0 bridgehead atoms. The summed E-state index contributed by atoms with van der Waals surface area (Å²) < 4.78 is 37.2. The molecule has 1 heterocycles. The normalized spacial score (nSPS) is 12.0. The lowest BCUT2D eigenvalue weighted by atomic mass is 10.1. The van der Waals surface area contributed by atoms with Gasteiger partial charge in [0.1, 0.15) is 5.69 Å². The first-order chi connectivity index (χ1) is 7.50. The fourth-order valence-corrected chi connectivity index (χ4v) is 1.45. The molecule has 0 atom stereocenters. The maximum Gasteiger partial charge on any atom is 0.433 e. The van der Waals surface area contributed by atoms with Gasteiger partial charge >= 0.3 is 6.18 Å². The van der Waals surface area contributed by atoms with Crippen molar-refractivity contribution in [3.8, 4) is 0 Å². The van der Waals surface area contributed by atoms with Crippen molar-refractivity contribution in [2.24, 2.45) is 5.73 Å². The van der Waals surface area contributed by atoms with Crippen molar-refractivity contribution in [3.05, 3.63) is 41.6 Å². The van der Waals surface area contributed by atoms with E-state index < -0.39 is 11.9 Å². The molecule has 0 aliphatic carbocycles. The standard InChI is InChI=1S/C11H9F3N2/c12-11(13,14)10-4-3-8-2-1-7(6-15)5-9(8)16-10/h1-5H,6,15H2. The molecule has 2 N–H and O–H groups in total. The molecule has 0 radical (unpaired) electrons. The number of nitrogens with two attached hydrogens (primary N) is 1. The Morgan fingerprint density at radius 3 is 2.44 bits per heavy atom. The summed E-state index contributed by atoms with van der Waals surface area (Å²) >= 11 is 0. The number of rotatable bonds is 1. The monoisotopic (exact) mass is 226 g/mol. The quantitative estimate of drug-likeness (QED) is 0.811. The molecule has 0 fully saturated rings. The van der Waals surface area contributed by atoms with Crippen LogP contribution < -0.4 is 5.73 Å². The minimum absolute atomic E-state index is 0.286. The third-order valence-electron chi connectivity index (χ3n) is 2.28. The maximum atomic E-state index is 12.4. The van der Waals surface area contributed by atoms with Crippen LogP contribution >= 0.6 is 0 Å². The van der Waals surface area contributed by atoms with Crippen molar-refractivity contribution in [3.63, 3.8) is 0 Å². The Bertz CT molecular complexity index is 520. The molecule has 0 saturated heterocycles. The summed E-state index contributed by atoms with van der Waals surface area (Å²) in [5, 5.41) is 0.671. The predicted molar refractivity (Wildman–Crippen MR) is 54.6 cm³/mol. The molecule has 2 nitrogen and oxygen atoms in total. The third-order valence-corrected chi connectivity index (χ3v) is 2.28. The zero-order valence-corrected chi connectivity index (χ0v) is 8.25. The topological polar surface area (TPSA) is 38.9 Å². The van der Waals surface area contributed by atoms with E-state index >= 15 is 0 Å². The molecule has 0 unspecified atom stereocenters. The molecule has 0 aliphatic heterocycles. The molecule has 84 valence electrons. The molecule has 2 rings (SSSR count). The van der Waals surface area contributed by atoms with Gasteiger partial charge in [0.15, 0.2) is 0 Å². The number of pyridine rings is 1. The van der Waals surface area contributed by atoms with Gasteiger partial charge in [-0.1, -0.05) is 18.2 Å². The number of alkyl halides is 3. The van der Waals surface area contributed by atoms with Gasteiger partial charge in [-0.2, -0.15) is 13.2 Å². The van der Waals surface area contributed by atoms with Crippen LogP contribution in [0.1, 0.15) is 11.3 Å². The van der Waals surface area contributed by atoms with E-state index in [1.54, 1.807) is 18.2 Å². The number of fused-ring (bicyclic) bond motifs is 1. The van der Waals surface area contributed by atoms with Crippen molar-refractivity contribution < 1.29 is 13.2 Å². The lowest BCUT2D eigenvalue weighted by Gasteiger charge is -2.07. The van der Waals surface area contributed by atoms with Crippen LogP contribution in [0.15, 0.2) is 30.3 Å². The average Bonchev–Trinajstić information content (AvgIpc) is 2.26. The van der Waals surface area contributed by atoms with Crippen LogP contribution in [0.4, 0.5) is 13.2 Å². The first kappa shape index (κ1) is 10.9. The van der Waals surface area contributed by atoms with Gasteiger partial charge in [0, 0.05) is 11.9 Å². The second kappa shape index (κ2) is 3.75. The zero-order valence-electron chi connectivity index (χ0n) is 8.25. The minimum Gasteiger partial charge on any atom is -0.326 e. The van der Waals surface area contributed by atoms with E-state index in [2.05, 4.69) is 4.98 Å². The molecular formula is C11H9F3N2. The van der Waals surface area contributed by atoms with E-state index in [4.69, 9.17) is 5.73 Å². The highest BCUT2D eigenvalue weighted by atomic mass is 19.4. The number of nitrogens with zero attached hydrogens (tertiary/aromatic N) is 1. The molecule has 16 heavy (non-hydrogen) atoms. The summed E-state index contributed by atoms with van der Waals surface area (Å²) in [4.78, 5) is 3.57. The van der Waals surface area contributed by atoms with E-state index in [1.165, 1.54) is 6.07 Å². The Morgan fingerprint density at radius 2 is 1.81 bits per heavy atom. The lowest BCUT2D eigenvalue weighted by Crippen LogP contribution is -2.07. The number of halogens is 3. The minimum atomic E-state index is -4.41. The molecule has 1 aromatic carbocycles. The van der Waals surface area contributed by atoms with Crippen LogP contribution in [-0.2, 0) is 12.7 Å². The van der Waals surface area contributed by atoms with Gasteiger partial charge in [-0.15, -0.1) is 0 Å².